The first kappa shape index (κ1) is 20.0. The molecule has 1 aliphatic rings. The van der Waals surface area contributed by atoms with Gasteiger partial charge < -0.3 is 4.52 Å². The van der Waals surface area contributed by atoms with Gasteiger partial charge in [-0.3, -0.25) is 9.69 Å². The molecule has 1 saturated heterocycles. The first-order chi connectivity index (χ1) is 13.8. The fourth-order valence-electron chi connectivity index (χ4n) is 3.71. The van der Waals surface area contributed by atoms with E-state index in [1.54, 1.807) is 25.8 Å². The number of rotatable bonds is 4. The topological polar surface area (TPSA) is 96.6 Å². The van der Waals surface area contributed by atoms with E-state index >= 15 is 0 Å². The minimum absolute atomic E-state index is 0.102. The molecule has 0 bridgehead atoms. The molecule has 2 aromatic heterocycles. The largest absolute Gasteiger partial charge is 0.360 e. The third-order valence-electron chi connectivity index (χ3n) is 5.20. The van der Waals surface area contributed by atoms with Gasteiger partial charge in [-0.2, -0.15) is 4.31 Å². The van der Waals surface area contributed by atoms with Gasteiger partial charge in [0.25, 0.3) is 0 Å². The highest BCUT2D eigenvalue weighted by Gasteiger charge is 2.37. The maximum absolute atomic E-state index is 13.1. The van der Waals surface area contributed by atoms with Crippen LogP contribution in [0.15, 0.2) is 33.7 Å². The monoisotopic (exact) mass is 434 g/mol. The molecule has 154 valence electrons. The molecule has 3 aromatic rings. The van der Waals surface area contributed by atoms with Gasteiger partial charge >= 0.3 is 0 Å². The van der Waals surface area contributed by atoms with Gasteiger partial charge in [-0.25, -0.2) is 13.4 Å². The fraction of sp³-hybridized carbons (Fsp3) is 0.421. The molecule has 0 aliphatic carbocycles. The second-order valence-corrected chi connectivity index (χ2v) is 10.1. The number of hydrogen-bond donors (Lipinski definition) is 0. The summed E-state index contributed by atoms with van der Waals surface area (Å²) in [6, 6.07) is 7.72. The SMILES string of the molecule is Cc1noc(C)c1S(=O)(=O)N1CCCC(C(=O)N(C)c2nc3ccccc3s2)C1. The van der Waals surface area contributed by atoms with Crippen molar-refractivity contribution >= 4 is 42.6 Å². The van der Waals surface area contributed by atoms with Gasteiger partial charge in [0.1, 0.15) is 10.6 Å². The third kappa shape index (κ3) is 3.56. The first-order valence-electron chi connectivity index (χ1n) is 9.35. The van der Waals surface area contributed by atoms with E-state index in [1.807, 2.05) is 24.3 Å². The molecule has 29 heavy (non-hydrogen) atoms. The summed E-state index contributed by atoms with van der Waals surface area (Å²) < 4.78 is 33.6. The van der Waals surface area contributed by atoms with Crippen LogP contribution >= 0.6 is 11.3 Å². The van der Waals surface area contributed by atoms with Gasteiger partial charge in [0.2, 0.25) is 15.9 Å². The van der Waals surface area contributed by atoms with Crippen molar-refractivity contribution in [1.29, 1.82) is 0 Å². The molecule has 1 atom stereocenters. The number of sulfonamides is 1. The second kappa shape index (κ2) is 7.51. The van der Waals surface area contributed by atoms with Crippen LogP contribution in [-0.2, 0) is 14.8 Å². The normalized spacial score (nSPS) is 18.2. The smallest absolute Gasteiger partial charge is 0.248 e. The average molecular weight is 435 g/mol. The van der Waals surface area contributed by atoms with Crippen molar-refractivity contribution in [3.63, 3.8) is 0 Å². The molecule has 8 nitrogen and oxygen atoms in total. The van der Waals surface area contributed by atoms with Crippen molar-refractivity contribution in [3.05, 3.63) is 35.7 Å². The van der Waals surface area contributed by atoms with Crippen molar-refractivity contribution in [3.8, 4) is 0 Å². The number of aryl methyl sites for hydroxylation is 2. The van der Waals surface area contributed by atoms with Crippen molar-refractivity contribution in [2.45, 2.75) is 31.6 Å². The first-order valence-corrected chi connectivity index (χ1v) is 11.6. The van der Waals surface area contributed by atoms with E-state index < -0.39 is 15.9 Å². The fourth-order valence-corrected chi connectivity index (χ4v) is 6.45. The highest BCUT2D eigenvalue weighted by atomic mass is 32.2. The summed E-state index contributed by atoms with van der Waals surface area (Å²) in [6.45, 7) is 3.71. The lowest BCUT2D eigenvalue weighted by atomic mass is 9.98. The zero-order chi connectivity index (χ0) is 20.8. The predicted octanol–water partition coefficient (Wildman–Crippen LogP) is 2.96. The number of anilines is 1. The van der Waals surface area contributed by atoms with Crippen LogP contribution in [0.3, 0.4) is 0 Å². The Morgan fingerprint density at radius 3 is 2.76 bits per heavy atom. The minimum atomic E-state index is -3.76. The molecule has 1 amide bonds. The highest BCUT2D eigenvalue weighted by molar-refractivity contribution is 7.89. The van der Waals surface area contributed by atoms with E-state index in [4.69, 9.17) is 4.52 Å². The number of carbonyl (C=O) groups is 1. The third-order valence-corrected chi connectivity index (χ3v) is 8.42. The van der Waals surface area contributed by atoms with Gasteiger partial charge in [0.05, 0.1) is 16.1 Å². The Labute approximate surface area is 173 Å². The standard InChI is InChI=1S/C19H22N4O4S2/c1-12-17(13(2)27-21-12)29(25,26)23-10-6-7-14(11-23)18(24)22(3)19-20-15-8-4-5-9-16(15)28-19/h4-5,8-9,14H,6-7,10-11H2,1-3H3. The summed E-state index contributed by atoms with van der Waals surface area (Å²) in [5.74, 6) is -0.277. The number of fused-ring (bicyclic) bond motifs is 1. The van der Waals surface area contributed by atoms with Gasteiger partial charge in [-0.15, -0.1) is 0 Å². The molecule has 4 rings (SSSR count). The van der Waals surface area contributed by atoms with E-state index in [9.17, 15) is 13.2 Å². The Balaban J connectivity index is 1.55. The van der Waals surface area contributed by atoms with Crippen LogP contribution in [0.5, 0.6) is 0 Å². The zero-order valence-corrected chi connectivity index (χ0v) is 18.1. The van der Waals surface area contributed by atoms with Gasteiger partial charge in [0, 0.05) is 20.1 Å². The number of aromatic nitrogens is 2. The number of thiazole rings is 1. The zero-order valence-electron chi connectivity index (χ0n) is 16.5. The lowest BCUT2D eigenvalue weighted by Gasteiger charge is -2.32. The summed E-state index contributed by atoms with van der Waals surface area (Å²) in [5, 5.41) is 4.37. The molecule has 0 radical (unpaired) electrons. The predicted molar refractivity (Wildman–Crippen MR) is 110 cm³/mol. The summed E-state index contributed by atoms with van der Waals surface area (Å²) in [6.07, 6.45) is 1.26. The Morgan fingerprint density at radius 2 is 2.07 bits per heavy atom. The van der Waals surface area contributed by atoms with Crippen LogP contribution in [0.1, 0.15) is 24.3 Å². The Bertz CT molecular complexity index is 1120. The molecular formula is C19H22N4O4S2. The quantitative estimate of drug-likeness (QED) is 0.626. The molecule has 0 saturated carbocycles. The van der Waals surface area contributed by atoms with E-state index in [0.29, 0.717) is 30.2 Å². The summed E-state index contributed by atoms with van der Waals surface area (Å²) >= 11 is 1.45. The van der Waals surface area contributed by atoms with Crippen molar-refractivity contribution in [2.24, 2.45) is 5.92 Å². The van der Waals surface area contributed by atoms with E-state index in [0.717, 1.165) is 10.2 Å². The average Bonchev–Trinajstić information content (AvgIpc) is 3.30. The van der Waals surface area contributed by atoms with Crippen LogP contribution in [-0.4, -0.2) is 48.9 Å². The molecule has 1 unspecified atom stereocenters. The molecule has 0 N–H and O–H groups in total. The Kier molecular flexibility index (Phi) is 5.18. The summed E-state index contributed by atoms with van der Waals surface area (Å²) in [4.78, 5) is 19.3. The lowest BCUT2D eigenvalue weighted by molar-refractivity contribution is -0.123. The number of piperidine rings is 1. The number of benzene rings is 1. The molecule has 1 fully saturated rings. The van der Waals surface area contributed by atoms with Gasteiger partial charge in [-0.05, 0) is 38.8 Å². The van der Waals surface area contributed by atoms with Gasteiger partial charge in [-0.1, -0.05) is 28.6 Å². The molecular weight excluding hydrogens is 412 g/mol. The number of nitrogens with zero attached hydrogens (tertiary/aromatic N) is 4. The Hall–Kier alpha value is -2.30. The summed E-state index contributed by atoms with van der Waals surface area (Å²) in [7, 11) is -2.07. The number of carbonyl (C=O) groups excluding carboxylic acids is 1. The molecule has 3 heterocycles. The van der Waals surface area contributed by atoms with Gasteiger partial charge in [0.15, 0.2) is 10.9 Å². The number of hydrogen-bond acceptors (Lipinski definition) is 7. The lowest BCUT2D eigenvalue weighted by Crippen LogP contribution is -2.46. The van der Waals surface area contributed by atoms with Crippen LogP contribution in [0.25, 0.3) is 10.2 Å². The van der Waals surface area contributed by atoms with Crippen LogP contribution < -0.4 is 4.90 Å². The number of amides is 1. The summed E-state index contributed by atoms with van der Waals surface area (Å²) in [5.41, 5.74) is 1.18. The van der Waals surface area contributed by atoms with Crippen LogP contribution in [0, 0.1) is 19.8 Å². The maximum atomic E-state index is 13.1. The van der Waals surface area contributed by atoms with E-state index in [2.05, 4.69) is 10.1 Å². The maximum Gasteiger partial charge on any atom is 0.248 e. The van der Waals surface area contributed by atoms with Crippen LogP contribution in [0.2, 0.25) is 0 Å². The van der Waals surface area contributed by atoms with Crippen molar-refractivity contribution in [1.82, 2.24) is 14.4 Å². The van der Waals surface area contributed by atoms with E-state index in [-0.39, 0.29) is 23.1 Å². The van der Waals surface area contributed by atoms with E-state index in [1.165, 1.54) is 15.6 Å². The molecule has 0 spiro atoms. The molecule has 1 aliphatic heterocycles. The van der Waals surface area contributed by atoms with Crippen molar-refractivity contribution in [2.75, 3.05) is 25.0 Å². The Morgan fingerprint density at radius 1 is 1.31 bits per heavy atom. The minimum Gasteiger partial charge on any atom is -0.360 e. The number of para-hydroxylation sites is 1. The molecule has 1 aromatic carbocycles. The molecule has 10 heteroatoms. The van der Waals surface area contributed by atoms with Crippen LogP contribution in [0.4, 0.5) is 5.13 Å². The second-order valence-electron chi connectivity index (χ2n) is 7.22. The highest BCUT2D eigenvalue weighted by Crippen LogP contribution is 2.31. The van der Waals surface area contributed by atoms with Crippen molar-refractivity contribution < 1.29 is 17.7 Å².